The van der Waals surface area contributed by atoms with Crippen molar-refractivity contribution in [3.8, 4) is 23.6 Å². The van der Waals surface area contributed by atoms with Crippen LogP contribution in [0.4, 0.5) is 5.69 Å². The highest BCUT2D eigenvalue weighted by Gasteiger charge is 2.29. The van der Waals surface area contributed by atoms with Gasteiger partial charge in [-0.1, -0.05) is 68.6 Å². The minimum Gasteiger partial charge on any atom is -0.491 e. The molecule has 0 radical (unpaired) electrons. The Morgan fingerprint density at radius 3 is 1.64 bits per heavy atom. The molecule has 240 valence electrons. The van der Waals surface area contributed by atoms with Gasteiger partial charge in [-0.15, -0.1) is 0 Å². The summed E-state index contributed by atoms with van der Waals surface area (Å²) in [6, 6.07) is 20.6. The monoisotopic (exact) mass is 647 g/mol. The van der Waals surface area contributed by atoms with E-state index < -0.39 is 0 Å². The molecule has 0 atom stereocenters. The van der Waals surface area contributed by atoms with Crippen molar-refractivity contribution in [1.29, 1.82) is 10.5 Å². The second kappa shape index (κ2) is 18.6. The van der Waals surface area contributed by atoms with Crippen LogP contribution in [0.3, 0.4) is 0 Å². The zero-order valence-corrected chi connectivity index (χ0v) is 28.7. The lowest BCUT2D eigenvalue weighted by molar-refractivity contribution is 0.138. The second-order valence-corrected chi connectivity index (χ2v) is 13.4. The molecule has 0 amide bonds. The summed E-state index contributed by atoms with van der Waals surface area (Å²) >= 11 is 2.92. The van der Waals surface area contributed by atoms with Crippen molar-refractivity contribution < 1.29 is 18.9 Å². The fourth-order valence-electron chi connectivity index (χ4n) is 4.41. The van der Waals surface area contributed by atoms with Crippen LogP contribution in [0, 0.1) is 22.7 Å². The summed E-state index contributed by atoms with van der Waals surface area (Å²) < 4.78 is 23.8. The molecule has 0 aliphatic rings. The van der Waals surface area contributed by atoms with E-state index in [0.29, 0.717) is 61.7 Å². The molecule has 0 spiro atoms. The van der Waals surface area contributed by atoms with Gasteiger partial charge in [-0.25, -0.2) is 0 Å². The third-order valence-electron chi connectivity index (χ3n) is 6.88. The maximum atomic E-state index is 10.4. The summed E-state index contributed by atoms with van der Waals surface area (Å²) in [5.74, 6) is 0.757. The van der Waals surface area contributed by atoms with Crippen LogP contribution in [0.5, 0.6) is 11.5 Å². The Kier molecular flexibility index (Phi) is 14.9. The quantitative estimate of drug-likeness (QED) is 0.107. The molecule has 7 nitrogen and oxygen atoms in total. The number of ether oxygens (including phenoxy) is 4. The van der Waals surface area contributed by atoms with Crippen LogP contribution in [0.15, 0.2) is 68.1 Å². The highest BCUT2D eigenvalue weighted by Crippen LogP contribution is 2.53. The van der Waals surface area contributed by atoms with Crippen molar-refractivity contribution >= 4 is 29.2 Å². The van der Waals surface area contributed by atoms with Gasteiger partial charge in [-0.2, -0.15) is 10.5 Å². The van der Waals surface area contributed by atoms with Crippen molar-refractivity contribution in [3.63, 3.8) is 0 Å². The van der Waals surface area contributed by atoms with E-state index >= 15 is 0 Å². The third-order valence-corrected chi connectivity index (χ3v) is 9.30. The van der Waals surface area contributed by atoms with E-state index in [0.717, 1.165) is 40.4 Å². The number of benzene rings is 3. The predicted molar refractivity (Wildman–Crippen MR) is 183 cm³/mol. The minimum absolute atomic E-state index is 0.0103. The first-order chi connectivity index (χ1) is 21.7. The summed E-state index contributed by atoms with van der Waals surface area (Å²) in [6.07, 6.45) is 3.12. The van der Waals surface area contributed by atoms with Crippen molar-refractivity contribution in [2.75, 3.05) is 45.4 Å². The van der Waals surface area contributed by atoms with Crippen LogP contribution in [0.2, 0.25) is 0 Å². The largest absolute Gasteiger partial charge is 0.491 e. The van der Waals surface area contributed by atoms with Crippen LogP contribution < -0.4 is 15.2 Å². The number of anilines is 1. The first-order valence-corrected chi connectivity index (χ1v) is 17.1. The summed E-state index contributed by atoms with van der Waals surface area (Å²) in [5.41, 5.74) is 8.58. The normalized spacial score (nSPS) is 11.2. The maximum absolute atomic E-state index is 10.4. The molecule has 0 aromatic heterocycles. The molecule has 3 aromatic carbocycles. The number of nitrogen functional groups attached to an aromatic ring is 1. The van der Waals surface area contributed by atoms with Gasteiger partial charge in [0.05, 0.1) is 23.0 Å². The predicted octanol–water partition coefficient (Wildman–Crippen LogP) is 9.00. The van der Waals surface area contributed by atoms with Gasteiger partial charge in [0.25, 0.3) is 0 Å². The summed E-state index contributed by atoms with van der Waals surface area (Å²) in [6.45, 7) is 13.8. The topological polar surface area (TPSA) is 111 Å². The standard InChI is InChI=1S/C36H45N3O4S2/c1-6-40-20-10-12-22-42-32-28(24-37)29(25-38)33(43-23-13-11-21-41-7-2)35(45-31-15-9-8-14-30(31)39)34(32)44-27-18-16-26(17-19-27)36(3,4)5/h8-9,14-19H,6-7,10-13,20-23,39H2,1-5H3. The molecule has 0 unspecified atom stereocenters. The number of nitrogens with zero attached hydrogens (tertiary/aromatic N) is 2. The molecule has 0 aliphatic heterocycles. The molecule has 0 saturated carbocycles. The Morgan fingerprint density at radius 2 is 1.18 bits per heavy atom. The number of rotatable bonds is 18. The van der Waals surface area contributed by atoms with Gasteiger partial charge in [-0.3, -0.25) is 0 Å². The van der Waals surface area contributed by atoms with Gasteiger partial charge >= 0.3 is 0 Å². The van der Waals surface area contributed by atoms with Crippen LogP contribution in [-0.2, 0) is 14.9 Å². The Morgan fingerprint density at radius 1 is 0.689 bits per heavy atom. The molecule has 0 saturated heterocycles. The zero-order valence-electron chi connectivity index (χ0n) is 27.1. The Bertz CT molecular complexity index is 1460. The SMILES string of the molecule is CCOCCCCOc1c(C#N)c(C#N)c(OCCCCOCC)c(Sc2ccccc2N)c1Sc1ccc(C(C)(C)C)cc1. The van der Waals surface area contributed by atoms with E-state index in [1.807, 2.05) is 38.1 Å². The zero-order chi connectivity index (χ0) is 32.7. The van der Waals surface area contributed by atoms with Crippen LogP contribution in [0.1, 0.15) is 77.0 Å². The van der Waals surface area contributed by atoms with Gasteiger partial charge in [0.15, 0.2) is 11.5 Å². The fourth-order valence-corrected chi connectivity index (χ4v) is 6.60. The highest BCUT2D eigenvalue weighted by molar-refractivity contribution is 8.02. The first kappa shape index (κ1) is 36.1. The smallest absolute Gasteiger partial charge is 0.153 e. The summed E-state index contributed by atoms with van der Waals surface area (Å²) in [7, 11) is 0. The average molecular weight is 648 g/mol. The molecule has 9 heteroatoms. The molecule has 0 heterocycles. The summed E-state index contributed by atoms with van der Waals surface area (Å²) in [4.78, 5) is 3.21. The average Bonchev–Trinajstić information content (AvgIpc) is 3.02. The number of hydrogen-bond donors (Lipinski definition) is 1. The second-order valence-electron chi connectivity index (χ2n) is 11.3. The van der Waals surface area contributed by atoms with E-state index in [2.05, 4.69) is 57.2 Å². The van der Waals surface area contributed by atoms with Crippen molar-refractivity contribution in [2.24, 2.45) is 0 Å². The Labute approximate surface area is 277 Å². The minimum atomic E-state index is 0.0103. The van der Waals surface area contributed by atoms with Gasteiger partial charge in [0, 0.05) is 41.9 Å². The number of nitriles is 2. The van der Waals surface area contributed by atoms with Crippen LogP contribution in [-0.4, -0.2) is 39.6 Å². The lowest BCUT2D eigenvalue weighted by atomic mass is 9.87. The Balaban J connectivity index is 2.17. The van der Waals surface area contributed by atoms with E-state index in [1.54, 1.807) is 0 Å². The van der Waals surface area contributed by atoms with Gasteiger partial charge in [0.1, 0.15) is 23.3 Å². The van der Waals surface area contributed by atoms with Crippen molar-refractivity contribution in [1.82, 2.24) is 0 Å². The lowest BCUT2D eigenvalue weighted by Gasteiger charge is -2.23. The summed E-state index contributed by atoms with van der Waals surface area (Å²) in [5, 5.41) is 20.8. The van der Waals surface area contributed by atoms with Gasteiger partial charge < -0.3 is 24.7 Å². The molecule has 0 fully saturated rings. The highest BCUT2D eigenvalue weighted by atomic mass is 32.2. The van der Waals surface area contributed by atoms with Gasteiger partial charge in [0.2, 0.25) is 0 Å². The van der Waals surface area contributed by atoms with Crippen LogP contribution in [0.25, 0.3) is 0 Å². The molecule has 3 rings (SSSR count). The van der Waals surface area contributed by atoms with E-state index in [9.17, 15) is 10.5 Å². The molecule has 0 bridgehead atoms. The fraction of sp³-hybridized carbons (Fsp3) is 0.444. The number of unbranched alkanes of at least 4 members (excludes halogenated alkanes) is 2. The van der Waals surface area contributed by atoms with Crippen molar-refractivity contribution in [3.05, 3.63) is 65.2 Å². The third kappa shape index (κ3) is 10.6. The number of hydrogen-bond acceptors (Lipinski definition) is 9. The van der Waals surface area contributed by atoms with E-state index in [1.165, 1.54) is 29.1 Å². The molecule has 45 heavy (non-hydrogen) atoms. The van der Waals surface area contributed by atoms with Gasteiger partial charge in [-0.05, 0) is 74.8 Å². The molecular formula is C36H45N3O4S2. The maximum Gasteiger partial charge on any atom is 0.153 e. The molecule has 2 N–H and O–H groups in total. The lowest BCUT2D eigenvalue weighted by Crippen LogP contribution is -2.10. The van der Waals surface area contributed by atoms with E-state index in [4.69, 9.17) is 24.7 Å². The Hall–Kier alpha value is -3.34. The molecular weight excluding hydrogens is 603 g/mol. The molecule has 3 aromatic rings. The van der Waals surface area contributed by atoms with Crippen molar-refractivity contribution in [2.45, 2.75) is 85.3 Å². The van der Waals surface area contributed by atoms with E-state index in [-0.39, 0.29) is 16.5 Å². The molecule has 0 aliphatic carbocycles. The number of para-hydroxylation sites is 1. The van der Waals surface area contributed by atoms with Crippen LogP contribution >= 0.6 is 23.5 Å². The number of nitrogens with two attached hydrogens (primary N) is 1. The first-order valence-electron chi connectivity index (χ1n) is 15.5.